The number of nitrogens with zero attached hydrogens (tertiary/aromatic N) is 2. The lowest BCUT2D eigenvalue weighted by molar-refractivity contribution is -0.111. The molecule has 0 atom stereocenters. The Labute approximate surface area is 126 Å². The molecule has 104 valence electrons. The van der Waals surface area contributed by atoms with Gasteiger partial charge in [-0.1, -0.05) is 23.5 Å². The molecule has 0 aliphatic carbocycles. The van der Waals surface area contributed by atoms with Crippen molar-refractivity contribution >= 4 is 38.7 Å². The van der Waals surface area contributed by atoms with Crippen LogP contribution in [-0.2, 0) is 4.79 Å². The van der Waals surface area contributed by atoms with E-state index in [1.54, 1.807) is 18.5 Å². The molecule has 0 bridgehead atoms. The summed E-state index contributed by atoms with van der Waals surface area (Å²) in [6, 6.07) is 9.75. The molecule has 0 aliphatic heterocycles. The predicted molar refractivity (Wildman–Crippen MR) is 86.3 cm³/mol. The van der Waals surface area contributed by atoms with Gasteiger partial charge in [0, 0.05) is 18.5 Å². The molecule has 0 aliphatic rings. The van der Waals surface area contributed by atoms with Crippen LogP contribution in [0.2, 0.25) is 0 Å². The number of carbonyl (C=O) groups excluding carboxylic acids is 1. The van der Waals surface area contributed by atoms with E-state index in [-0.39, 0.29) is 5.91 Å². The number of hydrogen-bond donors (Lipinski definition) is 1. The molecule has 1 aromatic carbocycles. The molecule has 21 heavy (non-hydrogen) atoms. The Bertz CT molecular complexity index is 809. The molecule has 4 nitrogen and oxygen atoms in total. The second kappa shape index (κ2) is 5.85. The van der Waals surface area contributed by atoms with Crippen LogP contribution in [0.5, 0.6) is 0 Å². The third-order valence-corrected chi connectivity index (χ3v) is 3.82. The van der Waals surface area contributed by atoms with Crippen molar-refractivity contribution in [2.24, 2.45) is 0 Å². The van der Waals surface area contributed by atoms with Crippen molar-refractivity contribution in [3.8, 4) is 0 Å². The molecule has 0 unspecified atom stereocenters. The van der Waals surface area contributed by atoms with E-state index >= 15 is 0 Å². The molecule has 0 radical (unpaired) electrons. The van der Waals surface area contributed by atoms with Gasteiger partial charge in [-0.05, 0) is 42.3 Å². The molecule has 3 aromatic rings. The lowest BCUT2D eigenvalue weighted by Gasteiger charge is -1.95. The van der Waals surface area contributed by atoms with Crippen LogP contribution in [0.1, 0.15) is 11.1 Å². The zero-order valence-corrected chi connectivity index (χ0v) is 12.2. The third kappa shape index (κ3) is 3.32. The summed E-state index contributed by atoms with van der Waals surface area (Å²) in [7, 11) is 0. The van der Waals surface area contributed by atoms with E-state index in [0.29, 0.717) is 5.13 Å². The number of amides is 1. The van der Waals surface area contributed by atoms with Crippen LogP contribution in [0.25, 0.3) is 16.3 Å². The topological polar surface area (TPSA) is 54.9 Å². The van der Waals surface area contributed by atoms with Crippen molar-refractivity contribution in [1.82, 2.24) is 9.97 Å². The zero-order valence-electron chi connectivity index (χ0n) is 11.4. The summed E-state index contributed by atoms with van der Waals surface area (Å²) < 4.78 is 1.07. The summed E-state index contributed by atoms with van der Waals surface area (Å²) in [5.41, 5.74) is 2.96. The smallest absolute Gasteiger partial charge is 0.250 e. The van der Waals surface area contributed by atoms with Gasteiger partial charge in [0.05, 0.1) is 10.2 Å². The van der Waals surface area contributed by atoms with Crippen molar-refractivity contribution in [3.05, 3.63) is 59.9 Å². The van der Waals surface area contributed by atoms with Crippen molar-refractivity contribution < 1.29 is 4.79 Å². The molecule has 1 amide bonds. The number of aromatic nitrogens is 2. The number of fused-ring (bicyclic) bond motifs is 1. The zero-order chi connectivity index (χ0) is 14.7. The van der Waals surface area contributed by atoms with Crippen LogP contribution in [0.4, 0.5) is 5.13 Å². The fourth-order valence-electron chi connectivity index (χ4n) is 1.88. The fourth-order valence-corrected chi connectivity index (χ4v) is 2.85. The van der Waals surface area contributed by atoms with Crippen LogP contribution in [0.3, 0.4) is 0 Å². The molecule has 0 fully saturated rings. The summed E-state index contributed by atoms with van der Waals surface area (Å²) >= 11 is 1.47. The number of pyridine rings is 1. The average molecular weight is 295 g/mol. The molecule has 0 saturated heterocycles. The SMILES string of the molecule is Cc1ccc2nc(NC(=O)C=Cc3cccnc3)sc2c1. The van der Waals surface area contributed by atoms with E-state index in [1.807, 2.05) is 31.2 Å². The summed E-state index contributed by atoms with van der Waals surface area (Å²) in [6.07, 6.45) is 6.60. The van der Waals surface area contributed by atoms with E-state index in [2.05, 4.69) is 21.4 Å². The molecule has 5 heteroatoms. The Hall–Kier alpha value is -2.53. The van der Waals surface area contributed by atoms with Gasteiger partial charge in [-0.2, -0.15) is 0 Å². The standard InChI is InChI=1S/C16H13N3OS/c1-11-4-6-13-14(9-11)21-16(18-13)19-15(20)7-5-12-3-2-8-17-10-12/h2-10H,1H3,(H,18,19,20). The summed E-state index contributed by atoms with van der Waals surface area (Å²) in [4.78, 5) is 20.3. The average Bonchev–Trinajstić information content (AvgIpc) is 2.87. The maximum Gasteiger partial charge on any atom is 0.250 e. The van der Waals surface area contributed by atoms with Crippen molar-refractivity contribution in [2.75, 3.05) is 5.32 Å². The Morgan fingerprint density at radius 1 is 1.33 bits per heavy atom. The highest BCUT2D eigenvalue weighted by Gasteiger charge is 2.05. The summed E-state index contributed by atoms with van der Waals surface area (Å²) in [6.45, 7) is 2.04. The molecule has 2 heterocycles. The number of anilines is 1. The Morgan fingerprint density at radius 3 is 3.05 bits per heavy atom. The first-order valence-electron chi connectivity index (χ1n) is 6.47. The highest BCUT2D eigenvalue weighted by atomic mass is 32.1. The number of hydrogen-bond acceptors (Lipinski definition) is 4. The molecular formula is C16H13N3OS. The minimum atomic E-state index is -0.199. The minimum absolute atomic E-state index is 0.199. The fraction of sp³-hybridized carbons (Fsp3) is 0.0625. The van der Waals surface area contributed by atoms with Gasteiger partial charge in [0.15, 0.2) is 5.13 Å². The van der Waals surface area contributed by atoms with Crippen molar-refractivity contribution in [3.63, 3.8) is 0 Å². The Balaban J connectivity index is 1.73. The van der Waals surface area contributed by atoms with Crippen LogP contribution in [-0.4, -0.2) is 15.9 Å². The van der Waals surface area contributed by atoms with Crippen LogP contribution in [0.15, 0.2) is 48.8 Å². The van der Waals surface area contributed by atoms with Crippen LogP contribution < -0.4 is 5.32 Å². The van der Waals surface area contributed by atoms with Gasteiger partial charge in [-0.15, -0.1) is 0 Å². The first kappa shape index (κ1) is 13.5. The summed E-state index contributed by atoms with van der Waals surface area (Å²) in [5.74, 6) is -0.199. The normalized spacial score (nSPS) is 11.1. The highest BCUT2D eigenvalue weighted by molar-refractivity contribution is 7.22. The van der Waals surface area contributed by atoms with E-state index in [4.69, 9.17) is 0 Å². The van der Waals surface area contributed by atoms with Crippen LogP contribution >= 0.6 is 11.3 Å². The molecule has 0 saturated carbocycles. The number of thiazole rings is 1. The second-order valence-corrected chi connectivity index (χ2v) is 5.63. The van der Waals surface area contributed by atoms with Gasteiger partial charge in [-0.3, -0.25) is 15.1 Å². The first-order chi connectivity index (χ1) is 10.2. The van der Waals surface area contributed by atoms with Crippen molar-refractivity contribution in [2.45, 2.75) is 6.92 Å². The third-order valence-electron chi connectivity index (χ3n) is 2.89. The lowest BCUT2D eigenvalue weighted by atomic mass is 10.2. The quantitative estimate of drug-likeness (QED) is 0.750. The molecule has 2 aromatic heterocycles. The number of rotatable bonds is 3. The highest BCUT2D eigenvalue weighted by Crippen LogP contribution is 2.26. The van der Waals surface area contributed by atoms with E-state index < -0.39 is 0 Å². The van der Waals surface area contributed by atoms with E-state index in [0.717, 1.165) is 15.8 Å². The number of aryl methyl sites for hydroxylation is 1. The number of nitrogens with one attached hydrogen (secondary N) is 1. The Kier molecular flexibility index (Phi) is 3.75. The van der Waals surface area contributed by atoms with Gasteiger partial charge in [0.2, 0.25) is 5.91 Å². The van der Waals surface area contributed by atoms with Gasteiger partial charge < -0.3 is 0 Å². The molecule has 3 rings (SSSR count). The number of carbonyl (C=O) groups is 1. The second-order valence-electron chi connectivity index (χ2n) is 4.60. The van der Waals surface area contributed by atoms with E-state index in [1.165, 1.54) is 23.0 Å². The van der Waals surface area contributed by atoms with Gasteiger partial charge in [0.25, 0.3) is 0 Å². The largest absolute Gasteiger partial charge is 0.298 e. The van der Waals surface area contributed by atoms with Crippen molar-refractivity contribution in [1.29, 1.82) is 0 Å². The maximum atomic E-state index is 11.9. The Morgan fingerprint density at radius 2 is 2.24 bits per heavy atom. The van der Waals surface area contributed by atoms with E-state index in [9.17, 15) is 4.79 Å². The minimum Gasteiger partial charge on any atom is -0.298 e. The van der Waals surface area contributed by atoms with Gasteiger partial charge in [-0.25, -0.2) is 4.98 Å². The molecular weight excluding hydrogens is 282 g/mol. The molecule has 0 spiro atoms. The first-order valence-corrected chi connectivity index (χ1v) is 7.29. The van der Waals surface area contributed by atoms with Gasteiger partial charge in [0.1, 0.15) is 0 Å². The maximum absolute atomic E-state index is 11.9. The molecule has 1 N–H and O–H groups in total. The monoisotopic (exact) mass is 295 g/mol. The number of benzene rings is 1. The lowest BCUT2D eigenvalue weighted by Crippen LogP contribution is -2.07. The summed E-state index contributed by atoms with van der Waals surface area (Å²) in [5, 5.41) is 3.39. The van der Waals surface area contributed by atoms with Gasteiger partial charge >= 0.3 is 0 Å². The van der Waals surface area contributed by atoms with Crippen LogP contribution in [0, 0.1) is 6.92 Å². The predicted octanol–water partition coefficient (Wildman–Crippen LogP) is 3.65.